The highest BCUT2D eigenvalue weighted by atomic mass is 19.4. The van der Waals surface area contributed by atoms with Gasteiger partial charge in [0.1, 0.15) is 11.7 Å². The lowest BCUT2D eigenvalue weighted by Crippen LogP contribution is -2.72. The van der Waals surface area contributed by atoms with E-state index >= 15 is 0 Å². The molecule has 1 aliphatic rings. The normalized spacial score (nSPS) is 25.4. The van der Waals surface area contributed by atoms with Gasteiger partial charge in [-0.05, 0) is 17.7 Å². The fourth-order valence-corrected chi connectivity index (χ4v) is 3.12. The summed E-state index contributed by atoms with van der Waals surface area (Å²) in [6.07, 6.45) is -5.32. The molecule has 1 saturated heterocycles. The number of carbonyl (C=O) groups is 2. The molecule has 9 heteroatoms. The fraction of sp³-hybridized carbons (Fsp3) is 0.222. The van der Waals surface area contributed by atoms with Gasteiger partial charge in [-0.2, -0.15) is 13.2 Å². The molecular formula is C18H15F3N2O4. The van der Waals surface area contributed by atoms with Crippen molar-refractivity contribution in [1.82, 2.24) is 10.6 Å². The molecule has 2 aromatic rings. The van der Waals surface area contributed by atoms with Crippen LogP contribution in [0.5, 0.6) is 5.75 Å². The number of urea groups is 1. The maximum absolute atomic E-state index is 13.7. The van der Waals surface area contributed by atoms with Crippen molar-refractivity contribution in [2.24, 2.45) is 5.92 Å². The number of aromatic hydroxyl groups is 1. The number of aliphatic hydroxyl groups is 1. The molecule has 3 rings (SSSR count). The van der Waals surface area contributed by atoms with Gasteiger partial charge in [-0.3, -0.25) is 4.79 Å². The van der Waals surface area contributed by atoms with Gasteiger partial charge in [0.2, 0.25) is 5.72 Å². The zero-order chi connectivity index (χ0) is 19.8. The second-order valence-electron chi connectivity index (χ2n) is 6.14. The van der Waals surface area contributed by atoms with Gasteiger partial charge in [0, 0.05) is 5.56 Å². The molecule has 2 aromatic carbocycles. The Morgan fingerprint density at radius 2 is 1.74 bits per heavy atom. The van der Waals surface area contributed by atoms with Gasteiger partial charge in [-0.25, -0.2) is 4.79 Å². The molecule has 6 nitrogen and oxygen atoms in total. The molecule has 27 heavy (non-hydrogen) atoms. The van der Waals surface area contributed by atoms with Crippen LogP contribution in [0.3, 0.4) is 0 Å². The number of rotatable bonds is 3. The van der Waals surface area contributed by atoms with Gasteiger partial charge >= 0.3 is 12.2 Å². The van der Waals surface area contributed by atoms with Crippen molar-refractivity contribution >= 4 is 11.8 Å². The minimum absolute atomic E-state index is 0.0433. The Bertz CT molecular complexity index is 872. The molecule has 142 valence electrons. The number of alkyl halides is 3. The lowest BCUT2D eigenvalue weighted by Gasteiger charge is -2.45. The average Bonchev–Trinajstić information content (AvgIpc) is 2.60. The van der Waals surface area contributed by atoms with Gasteiger partial charge in [-0.15, -0.1) is 0 Å². The van der Waals surface area contributed by atoms with E-state index in [-0.39, 0.29) is 16.9 Å². The molecule has 0 unspecified atom stereocenters. The summed E-state index contributed by atoms with van der Waals surface area (Å²) in [7, 11) is 0. The number of ketones is 1. The van der Waals surface area contributed by atoms with Crippen LogP contribution >= 0.6 is 0 Å². The maximum atomic E-state index is 13.7. The molecule has 1 aliphatic heterocycles. The van der Waals surface area contributed by atoms with Crippen molar-refractivity contribution in [3.8, 4) is 5.75 Å². The highest BCUT2D eigenvalue weighted by Gasteiger charge is 2.66. The Hall–Kier alpha value is -3.07. The van der Waals surface area contributed by atoms with Crippen LogP contribution < -0.4 is 10.6 Å². The van der Waals surface area contributed by atoms with E-state index < -0.39 is 35.7 Å². The highest BCUT2D eigenvalue weighted by Crippen LogP contribution is 2.44. The molecule has 0 saturated carbocycles. The number of halogens is 3. The van der Waals surface area contributed by atoms with Crippen LogP contribution in [0, 0.1) is 5.92 Å². The van der Waals surface area contributed by atoms with Crippen LogP contribution in [0.15, 0.2) is 54.6 Å². The lowest BCUT2D eigenvalue weighted by molar-refractivity contribution is -0.287. The van der Waals surface area contributed by atoms with Gasteiger partial charge < -0.3 is 20.8 Å². The SMILES string of the molecule is O=C1N[C@H](c2cccc(O)c2)[C@H](C(=O)c2ccccc2)[C@](O)(C(F)(F)F)N1. The minimum atomic E-state index is -5.32. The van der Waals surface area contributed by atoms with E-state index in [2.05, 4.69) is 5.32 Å². The van der Waals surface area contributed by atoms with E-state index in [0.29, 0.717) is 0 Å². The Labute approximate surface area is 151 Å². The summed E-state index contributed by atoms with van der Waals surface area (Å²) < 4.78 is 41.1. The van der Waals surface area contributed by atoms with E-state index in [0.717, 1.165) is 6.07 Å². The summed E-state index contributed by atoms with van der Waals surface area (Å²) in [6.45, 7) is 0. The third kappa shape index (κ3) is 3.33. The molecule has 4 N–H and O–H groups in total. The average molecular weight is 380 g/mol. The minimum Gasteiger partial charge on any atom is -0.508 e. The number of phenolic OH excluding ortho intramolecular Hbond substituents is 1. The number of carbonyl (C=O) groups excluding carboxylic acids is 2. The molecule has 0 spiro atoms. The molecule has 0 aromatic heterocycles. The molecule has 3 atom stereocenters. The Morgan fingerprint density at radius 1 is 1.07 bits per heavy atom. The van der Waals surface area contributed by atoms with Gasteiger partial charge in [0.05, 0.1) is 6.04 Å². The zero-order valence-corrected chi connectivity index (χ0v) is 13.7. The second kappa shape index (κ2) is 6.58. The lowest BCUT2D eigenvalue weighted by atomic mass is 9.77. The van der Waals surface area contributed by atoms with Crippen LogP contribution in [0.1, 0.15) is 22.0 Å². The van der Waals surface area contributed by atoms with Crippen molar-refractivity contribution in [3.63, 3.8) is 0 Å². The van der Waals surface area contributed by atoms with Crippen LogP contribution in [0.4, 0.5) is 18.0 Å². The monoisotopic (exact) mass is 380 g/mol. The molecule has 0 bridgehead atoms. The largest absolute Gasteiger partial charge is 0.508 e. The number of benzene rings is 2. The number of phenols is 1. The van der Waals surface area contributed by atoms with Gasteiger partial charge in [-0.1, -0.05) is 42.5 Å². The Kier molecular flexibility index (Phi) is 4.56. The second-order valence-corrected chi connectivity index (χ2v) is 6.14. The number of Topliss-reactive ketones (excluding diaryl/α,β-unsaturated/α-hetero) is 1. The Morgan fingerprint density at radius 3 is 2.33 bits per heavy atom. The molecule has 2 amide bonds. The van der Waals surface area contributed by atoms with Crippen molar-refractivity contribution in [1.29, 1.82) is 0 Å². The first kappa shape index (κ1) is 18.7. The van der Waals surface area contributed by atoms with Crippen molar-refractivity contribution in [2.45, 2.75) is 17.9 Å². The molecule has 1 fully saturated rings. The number of hydrogen-bond donors (Lipinski definition) is 4. The van der Waals surface area contributed by atoms with Crippen LogP contribution in [0.25, 0.3) is 0 Å². The first-order valence-corrected chi connectivity index (χ1v) is 7.89. The Balaban J connectivity index is 2.17. The molecule has 0 radical (unpaired) electrons. The standard InChI is InChI=1S/C18H15F3N2O4/c19-18(20,21)17(27)13(15(25)10-5-2-1-3-6-10)14(22-16(26)23-17)11-7-4-8-12(24)9-11/h1-9,13-14,24,27H,(H2,22,23,26)/t13-,14-,17+/m1/s1. The van der Waals surface area contributed by atoms with E-state index in [4.69, 9.17) is 0 Å². The summed E-state index contributed by atoms with van der Waals surface area (Å²) in [5.41, 5.74) is -3.81. The zero-order valence-electron chi connectivity index (χ0n) is 13.7. The van der Waals surface area contributed by atoms with E-state index in [9.17, 15) is 33.0 Å². The van der Waals surface area contributed by atoms with Gasteiger partial charge in [0.25, 0.3) is 0 Å². The van der Waals surface area contributed by atoms with E-state index in [1.807, 2.05) is 0 Å². The van der Waals surface area contributed by atoms with Crippen LogP contribution in [0.2, 0.25) is 0 Å². The summed E-state index contributed by atoms with van der Waals surface area (Å²) >= 11 is 0. The van der Waals surface area contributed by atoms with Gasteiger partial charge in [0.15, 0.2) is 5.78 Å². The van der Waals surface area contributed by atoms with Crippen molar-refractivity contribution in [3.05, 3.63) is 65.7 Å². The molecular weight excluding hydrogens is 365 g/mol. The summed E-state index contributed by atoms with van der Waals surface area (Å²) in [4.78, 5) is 24.8. The quantitative estimate of drug-likeness (QED) is 0.615. The third-order valence-electron chi connectivity index (χ3n) is 4.38. The summed E-state index contributed by atoms with van der Waals surface area (Å²) in [5.74, 6) is -3.41. The predicted octanol–water partition coefficient (Wildman–Crippen LogP) is 2.50. The highest BCUT2D eigenvalue weighted by molar-refractivity contribution is 6.00. The maximum Gasteiger partial charge on any atom is 0.437 e. The fourth-order valence-electron chi connectivity index (χ4n) is 3.12. The van der Waals surface area contributed by atoms with Crippen molar-refractivity contribution in [2.75, 3.05) is 0 Å². The smallest absolute Gasteiger partial charge is 0.437 e. The topological polar surface area (TPSA) is 98.7 Å². The summed E-state index contributed by atoms with van der Waals surface area (Å²) in [6, 6.07) is 9.45. The van der Waals surface area contributed by atoms with E-state index in [1.165, 1.54) is 47.8 Å². The third-order valence-corrected chi connectivity index (χ3v) is 4.38. The van der Waals surface area contributed by atoms with Crippen molar-refractivity contribution < 1.29 is 33.0 Å². The number of nitrogens with one attached hydrogen (secondary N) is 2. The predicted molar refractivity (Wildman–Crippen MR) is 87.8 cm³/mol. The van der Waals surface area contributed by atoms with E-state index in [1.54, 1.807) is 6.07 Å². The number of amides is 2. The van der Waals surface area contributed by atoms with Crippen LogP contribution in [-0.4, -0.2) is 33.9 Å². The number of hydrogen-bond acceptors (Lipinski definition) is 4. The molecule has 0 aliphatic carbocycles. The molecule has 1 heterocycles. The first-order valence-electron chi connectivity index (χ1n) is 7.89. The van der Waals surface area contributed by atoms with Crippen LogP contribution in [-0.2, 0) is 0 Å². The first-order chi connectivity index (χ1) is 12.6. The summed E-state index contributed by atoms with van der Waals surface area (Å²) in [5, 5.41) is 23.7.